The number of hydrogen-bond acceptors (Lipinski definition) is 3. The fraction of sp³-hybridized carbons (Fsp3) is 0.455. The number of aliphatic hydroxyl groups is 1. The summed E-state index contributed by atoms with van der Waals surface area (Å²) < 4.78 is 0. The van der Waals surface area contributed by atoms with Crippen molar-refractivity contribution in [3.05, 3.63) is 23.2 Å². The van der Waals surface area contributed by atoms with Gasteiger partial charge in [0.2, 0.25) is 0 Å². The average Bonchev–Trinajstić information content (AvgIpc) is 2.18. The maximum absolute atomic E-state index is 9.61. The van der Waals surface area contributed by atoms with Gasteiger partial charge in [0, 0.05) is 11.6 Å². The molecule has 1 aromatic carbocycles. The second-order valence-electron chi connectivity index (χ2n) is 3.92. The Kier molecular flexibility index (Phi) is 4.24. The summed E-state index contributed by atoms with van der Waals surface area (Å²) >= 11 is 5.84. The van der Waals surface area contributed by atoms with Crippen molar-refractivity contribution in [3.63, 3.8) is 0 Å². The van der Waals surface area contributed by atoms with Crippen LogP contribution < -0.4 is 11.1 Å². The molecule has 0 saturated carbocycles. The Labute approximate surface area is 95.2 Å². The van der Waals surface area contributed by atoms with Crippen LogP contribution in [-0.2, 0) is 0 Å². The van der Waals surface area contributed by atoms with Gasteiger partial charge in [-0.3, -0.25) is 0 Å². The zero-order chi connectivity index (χ0) is 11.4. The highest BCUT2D eigenvalue weighted by molar-refractivity contribution is 6.31. The summed E-state index contributed by atoms with van der Waals surface area (Å²) in [5.74, 6) is 0.220. The largest absolute Gasteiger partial charge is 0.397 e. The van der Waals surface area contributed by atoms with Gasteiger partial charge >= 0.3 is 0 Å². The number of rotatable bonds is 4. The number of nitrogen functional groups attached to an aromatic ring is 1. The van der Waals surface area contributed by atoms with Crippen LogP contribution in [0.5, 0.6) is 0 Å². The molecule has 3 nitrogen and oxygen atoms in total. The van der Waals surface area contributed by atoms with E-state index in [2.05, 4.69) is 5.32 Å². The Bertz CT molecular complexity index is 328. The topological polar surface area (TPSA) is 58.3 Å². The lowest BCUT2D eigenvalue weighted by molar-refractivity contribution is 0.138. The summed E-state index contributed by atoms with van der Waals surface area (Å²) in [6.45, 7) is 4.41. The molecule has 4 heteroatoms. The van der Waals surface area contributed by atoms with Gasteiger partial charge in [-0.2, -0.15) is 0 Å². The molecule has 0 aliphatic carbocycles. The minimum absolute atomic E-state index is 0.220. The van der Waals surface area contributed by atoms with Crippen molar-refractivity contribution in [2.24, 2.45) is 5.92 Å². The number of hydrogen-bond donors (Lipinski definition) is 3. The van der Waals surface area contributed by atoms with E-state index in [1.54, 1.807) is 18.2 Å². The highest BCUT2D eigenvalue weighted by Gasteiger charge is 2.09. The van der Waals surface area contributed by atoms with Crippen molar-refractivity contribution >= 4 is 23.0 Å². The lowest BCUT2D eigenvalue weighted by Gasteiger charge is -2.17. The number of benzene rings is 1. The third-order valence-electron chi connectivity index (χ3n) is 2.29. The first kappa shape index (κ1) is 12.1. The lowest BCUT2D eigenvalue weighted by atomic mass is 10.1. The quantitative estimate of drug-likeness (QED) is 0.694. The Hall–Kier alpha value is -0.930. The normalized spacial score (nSPS) is 12.9. The van der Waals surface area contributed by atoms with Gasteiger partial charge in [-0.25, -0.2) is 0 Å². The van der Waals surface area contributed by atoms with E-state index in [0.29, 0.717) is 17.3 Å². The molecule has 1 unspecified atom stereocenters. The molecular weight excluding hydrogens is 212 g/mol. The first-order valence-corrected chi connectivity index (χ1v) is 5.35. The van der Waals surface area contributed by atoms with Gasteiger partial charge in [-0.05, 0) is 24.1 Å². The molecule has 0 spiro atoms. The number of halogens is 1. The second-order valence-corrected chi connectivity index (χ2v) is 4.36. The van der Waals surface area contributed by atoms with E-state index in [4.69, 9.17) is 17.3 Å². The monoisotopic (exact) mass is 228 g/mol. The van der Waals surface area contributed by atoms with E-state index in [1.165, 1.54) is 0 Å². The molecule has 0 saturated heterocycles. The molecule has 0 fully saturated rings. The first-order chi connectivity index (χ1) is 7.00. The van der Waals surface area contributed by atoms with E-state index >= 15 is 0 Å². The number of nitrogens with two attached hydrogens (primary N) is 1. The highest BCUT2D eigenvalue weighted by Crippen LogP contribution is 2.22. The van der Waals surface area contributed by atoms with E-state index in [0.717, 1.165) is 5.69 Å². The smallest absolute Gasteiger partial charge is 0.0735 e. The van der Waals surface area contributed by atoms with Crippen LogP contribution in [0.2, 0.25) is 5.02 Å². The van der Waals surface area contributed by atoms with Crippen LogP contribution in [0.3, 0.4) is 0 Å². The van der Waals surface area contributed by atoms with Gasteiger partial charge in [0.05, 0.1) is 17.5 Å². The molecule has 0 aliphatic heterocycles. The summed E-state index contributed by atoms with van der Waals surface area (Å²) in [4.78, 5) is 0. The van der Waals surface area contributed by atoms with E-state index < -0.39 is 0 Å². The van der Waals surface area contributed by atoms with Gasteiger partial charge in [0.1, 0.15) is 0 Å². The van der Waals surface area contributed by atoms with Gasteiger partial charge in [0.25, 0.3) is 0 Å². The highest BCUT2D eigenvalue weighted by atomic mass is 35.5. The molecular formula is C11H17ClN2O. The summed E-state index contributed by atoms with van der Waals surface area (Å²) in [7, 11) is 0. The first-order valence-electron chi connectivity index (χ1n) is 4.97. The van der Waals surface area contributed by atoms with Crippen LogP contribution in [0, 0.1) is 5.92 Å². The number of aliphatic hydroxyl groups excluding tert-OH is 1. The molecule has 0 amide bonds. The van der Waals surface area contributed by atoms with Crippen molar-refractivity contribution in [1.29, 1.82) is 0 Å². The van der Waals surface area contributed by atoms with Crippen LogP contribution >= 0.6 is 11.6 Å². The van der Waals surface area contributed by atoms with E-state index in [-0.39, 0.29) is 12.0 Å². The molecule has 0 heterocycles. The molecule has 4 N–H and O–H groups in total. The SMILES string of the molecule is CC(C)C(O)CNc1cc(Cl)ccc1N. The van der Waals surface area contributed by atoms with Gasteiger partial charge in [0.15, 0.2) is 0 Å². The van der Waals surface area contributed by atoms with Gasteiger partial charge in [-0.1, -0.05) is 25.4 Å². The zero-order valence-electron chi connectivity index (χ0n) is 9.00. The van der Waals surface area contributed by atoms with Gasteiger partial charge in [-0.15, -0.1) is 0 Å². The predicted molar refractivity (Wildman–Crippen MR) is 65.2 cm³/mol. The molecule has 84 valence electrons. The third-order valence-corrected chi connectivity index (χ3v) is 2.52. The van der Waals surface area contributed by atoms with Crippen LogP contribution in [0.25, 0.3) is 0 Å². The molecule has 15 heavy (non-hydrogen) atoms. The molecule has 1 rings (SSSR count). The Balaban J connectivity index is 2.61. The molecule has 0 radical (unpaired) electrons. The summed E-state index contributed by atoms with van der Waals surface area (Å²) in [6, 6.07) is 5.23. The Morgan fingerprint density at radius 2 is 2.13 bits per heavy atom. The van der Waals surface area contributed by atoms with Crippen LogP contribution in [-0.4, -0.2) is 17.8 Å². The summed E-state index contributed by atoms with van der Waals surface area (Å²) in [6.07, 6.45) is -0.386. The van der Waals surface area contributed by atoms with Crippen LogP contribution in [0.4, 0.5) is 11.4 Å². The van der Waals surface area contributed by atoms with Crippen molar-refractivity contribution in [3.8, 4) is 0 Å². The van der Waals surface area contributed by atoms with Crippen molar-refractivity contribution in [2.45, 2.75) is 20.0 Å². The number of nitrogens with one attached hydrogen (secondary N) is 1. The minimum atomic E-state index is -0.386. The van der Waals surface area contributed by atoms with Crippen LogP contribution in [0.1, 0.15) is 13.8 Å². The maximum atomic E-state index is 9.61. The Morgan fingerprint density at radius 1 is 1.47 bits per heavy atom. The van der Waals surface area contributed by atoms with Crippen LogP contribution in [0.15, 0.2) is 18.2 Å². The average molecular weight is 229 g/mol. The standard InChI is InChI=1S/C11H17ClN2O/c1-7(2)11(15)6-14-10-5-8(12)3-4-9(10)13/h3-5,7,11,14-15H,6,13H2,1-2H3. The minimum Gasteiger partial charge on any atom is -0.397 e. The predicted octanol–water partition coefficient (Wildman–Crippen LogP) is 2.35. The summed E-state index contributed by atoms with van der Waals surface area (Å²) in [5, 5.41) is 13.3. The third kappa shape index (κ3) is 3.61. The maximum Gasteiger partial charge on any atom is 0.0735 e. The second kappa shape index (κ2) is 5.24. The van der Waals surface area contributed by atoms with E-state index in [9.17, 15) is 5.11 Å². The fourth-order valence-corrected chi connectivity index (χ4v) is 1.30. The van der Waals surface area contributed by atoms with Crippen molar-refractivity contribution in [2.75, 3.05) is 17.6 Å². The molecule has 0 aromatic heterocycles. The summed E-state index contributed by atoms with van der Waals surface area (Å²) in [5.41, 5.74) is 7.15. The molecule has 1 atom stereocenters. The number of anilines is 2. The van der Waals surface area contributed by atoms with Crippen molar-refractivity contribution < 1.29 is 5.11 Å². The molecule has 0 aliphatic rings. The lowest BCUT2D eigenvalue weighted by Crippen LogP contribution is -2.25. The molecule has 0 bridgehead atoms. The fourth-order valence-electron chi connectivity index (χ4n) is 1.13. The zero-order valence-corrected chi connectivity index (χ0v) is 9.75. The van der Waals surface area contributed by atoms with Crippen molar-refractivity contribution in [1.82, 2.24) is 0 Å². The van der Waals surface area contributed by atoms with E-state index in [1.807, 2.05) is 13.8 Å². The van der Waals surface area contributed by atoms with Gasteiger partial charge < -0.3 is 16.2 Å². The Morgan fingerprint density at radius 3 is 2.73 bits per heavy atom. The molecule has 1 aromatic rings.